The van der Waals surface area contributed by atoms with Crippen LogP contribution in [0.25, 0.3) is 0 Å². The minimum Gasteiger partial charge on any atom is -0.390 e. The molecular weight excluding hydrogens is 304 g/mol. The van der Waals surface area contributed by atoms with Crippen LogP contribution >= 0.6 is 0 Å². The lowest BCUT2D eigenvalue weighted by atomic mass is 10.2. The molecule has 6 heteroatoms. The number of nitrogens with zero attached hydrogens (tertiary/aromatic N) is 4. The van der Waals surface area contributed by atoms with Crippen LogP contribution in [0.4, 0.5) is 5.82 Å². The average Bonchev–Trinajstić information content (AvgIpc) is 3.10. The lowest BCUT2D eigenvalue weighted by molar-refractivity contribution is 0.00825. The Kier molecular flexibility index (Phi) is 6.43. The highest BCUT2D eigenvalue weighted by Crippen LogP contribution is 2.18. The molecular formula is C18H30N4O2. The highest BCUT2D eigenvalue weighted by Gasteiger charge is 2.17. The van der Waals surface area contributed by atoms with Gasteiger partial charge in [-0.3, -0.25) is 9.80 Å². The first-order valence-electron chi connectivity index (χ1n) is 9.07. The molecule has 0 bridgehead atoms. The first kappa shape index (κ1) is 17.6. The molecule has 2 aliphatic heterocycles. The van der Waals surface area contributed by atoms with Gasteiger partial charge in [0.25, 0.3) is 0 Å². The number of aliphatic hydroxyl groups excluding tert-OH is 1. The molecule has 0 aliphatic carbocycles. The van der Waals surface area contributed by atoms with Crippen LogP contribution in [-0.4, -0.2) is 85.5 Å². The number of morpholine rings is 1. The van der Waals surface area contributed by atoms with Crippen molar-refractivity contribution < 1.29 is 9.84 Å². The SMILES string of the molecule is CN(Cc1ccc(N2CCCC2)nc1)CC(O)CN1CCOCC1. The maximum atomic E-state index is 10.3. The van der Waals surface area contributed by atoms with E-state index < -0.39 is 0 Å². The maximum absolute atomic E-state index is 10.3. The zero-order valence-corrected chi connectivity index (χ0v) is 14.7. The van der Waals surface area contributed by atoms with E-state index in [0.717, 1.165) is 58.3 Å². The fourth-order valence-corrected chi connectivity index (χ4v) is 3.52. The van der Waals surface area contributed by atoms with Gasteiger partial charge in [-0.25, -0.2) is 4.98 Å². The minimum absolute atomic E-state index is 0.329. The van der Waals surface area contributed by atoms with E-state index in [-0.39, 0.29) is 6.10 Å². The summed E-state index contributed by atoms with van der Waals surface area (Å²) >= 11 is 0. The van der Waals surface area contributed by atoms with Crippen LogP contribution in [0.5, 0.6) is 0 Å². The van der Waals surface area contributed by atoms with Crippen molar-refractivity contribution in [2.45, 2.75) is 25.5 Å². The number of β-amino-alcohol motifs (C(OH)–C–C–N with tert-alkyl or cyclic N) is 1. The highest BCUT2D eigenvalue weighted by molar-refractivity contribution is 5.40. The first-order chi connectivity index (χ1) is 11.7. The van der Waals surface area contributed by atoms with E-state index in [4.69, 9.17) is 4.74 Å². The molecule has 2 saturated heterocycles. The average molecular weight is 334 g/mol. The summed E-state index contributed by atoms with van der Waals surface area (Å²) in [6.45, 7) is 7.85. The van der Waals surface area contributed by atoms with Gasteiger partial charge in [-0.15, -0.1) is 0 Å². The van der Waals surface area contributed by atoms with E-state index in [9.17, 15) is 5.11 Å². The van der Waals surface area contributed by atoms with Gasteiger partial charge in [0.2, 0.25) is 0 Å². The second-order valence-corrected chi connectivity index (χ2v) is 6.98. The van der Waals surface area contributed by atoms with Gasteiger partial charge >= 0.3 is 0 Å². The monoisotopic (exact) mass is 334 g/mol. The summed E-state index contributed by atoms with van der Waals surface area (Å²) < 4.78 is 5.34. The predicted octanol–water partition coefficient (Wildman–Crippen LogP) is 0.807. The Labute approximate surface area is 145 Å². The highest BCUT2D eigenvalue weighted by atomic mass is 16.5. The quantitative estimate of drug-likeness (QED) is 0.796. The Hall–Kier alpha value is -1.21. The van der Waals surface area contributed by atoms with E-state index in [0.29, 0.717) is 6.54 Å². The number of ether oxygens (including phenoxy) is 1. The molecule has 134 valence electrons. The Bertz CT molecular complexity index is 484. The fraction of sp³-hybridized carbons (Fsp3) is 0.722. The summed E-state index contributed by atoms with van der Waals surface area (Å²) in [6, 6.07) is 4.28. The van der Waals surface area contributed by atoms with Gasteiger partial charge in [0.1, 0.15) is 5.82 Å². The minimum atomic E-state index is -0.329. The van der Waals surface area contributed by atoms with Gasteiger partial charge in [-0.1, -0.05) is 6.07 Å². The van der Waals surface area contributed by atoms with Crippen molar-refractivity contribution in [3.63, 3.8) is 0 Å². The van der Waals surface area contributed by atoms with Gasteiger partial charge in [0, 0.05) is 52.0 Å². The molecule has 24 heavy (non-hydrogen) atoms. The molecule has 1 unspecified atom stereocenters. The van der Waals surface area contributed by atoms with Crippen molar-refractivity contribution in [2.24, 2.45) is 0 Å². The summed E-state index contributed by atoms with van der Waals surface area (Å²) in [5.41, 5.74) is 1.19. The molecule has 0 radical (unpaired) electrons. The molecule has 2 aliphatic rings. The summed E-state index contributed by atoms with van der Waals surface area (Å²) in [4.78, 5) is 11.4. The molecule has 0 spiro atoms. The molecule has 2 fully saturated rings. The first-order valence-corrected chi connectivity index (χ1v) is 9.07. The Morgan fingerprint density at radius 3 is 2.62 bits per heavy atom. The van der Waals surface area contributed by atoms with Crippen molar-refractivity contribution in [3.8, 4) is 0 Å². The van der Waals surface area contributed by atoms with Crippen molar-refractivity contribution in [1.29, 1.82) is 0 Å². The third-order valence-corrected chi connectivity index (χ3v) is 4.79. The third-order valence-electron chi connectivity index (χ3n) is 4.79. The number of anilines is 1. The summed E-state index contributed by atoms with van der Waals surface area (Å²) in [6.07, 6.45) is 4.18. The summed E-state index contributed by atoms with van der Waals surface area (Å²) in [5, 5.41) is 10.3. The van der Waals surface area contributed by atoms with Crippen molar-refractivity contribution >= 4 is 5.82 Å². The molecule has 1 aromatic rings. The van der Waals surface area contributed by atoms with Gasteiger partial charge in [0.15, 0.2) is 0 Å². The molecule has 6 nitrogen and oxygen atoms in total. The second-order valence-electron chi connectivity index (χ2n) is 6.98. The van der Waals surface area contributed by atoms with E-state index in [1.165, 1.54) is 18.4 Å². The number of hydrogen-bond donors (Lipinski definition) is 1. The van der Waals surface area contributed by atoms with Gasteiger partial charge in [-0.2, -0.15) is 0 Å². The largest absolute Gasteiger partial charge is 0.390 e. The predicted molar refractivity (Wildman–Crippen MR) is 95.3 cm³/mol. The number of rotatable bonds is 7. The Morgan fingerprint density at radius 2 is 1.96 bits per heavy atom. The molecule has 1 atom stereocenters. The smallest absolute Gasteiger partial charge is 0.128 e. The number of pyridine rings is 1. The van der Waals surface area contributed by atoms with Crippen molar-refractivity contribution in [3.05, 3.63) is 23.9 Å². The number of likely N-dealkylation sites (N-methyl/N-ethyl adjacent to an activating group) is 1. The second kappa shape index (κ2) is 8.76. The molecule has 0 amide bonds. The van der Waals surface area contributed by atoms with Crippen LogP contribution in [0.1, 0.15) is 18.4 Å². The number of aromatic nitrogens is 1. The van der Waals surface area contributed by atoms with Crippen molar-refractivity contribution in [2.75, 3.05) is 64.4 Å². The zero-order chi connectivity index (χ0) is 16.8. The van der Waals surface area contributed by atoms with Gasteiger partial charge < -0.3 is 14.7 Å². The Balaban J connectivity index is 1.42. The van der Waals surface area contributed by atoms with Crippen LogP contribution in [0.3, 0.4) is 0 Å². The molecule has 0 aromatic carbocycles. The lowest BCUT2D eigenvalue weighted by Gasteiger charge is -2.30. The van der Waals surface area contributed by atoms with Crippen LogP contribution in [0.2, 0.25) is 0 Å². The van der Waals surface area contributed by atoms with Crippen LogP contribution < -0.4 is 4.90 Å². The van der Waals surface area contributed by atoms with E-state index >= 15 is 0 Å². The molecule has 0 saturated carbocycles. The Morgan fingerprint density at radius 1 is 1.21 bits per heavy atom. The summed E-state index contributed by atoms with van der Waals surface area (Å²) in [5.74, 6) is 1.09. The number of hydrogen-bond acceptors (Lipinski definition) is 6. The normalized spacial score (nSPS) is 20.7. The molecule has 3 heterocycles. The molecule has 1 aromatic heterocycles. The van der Waals surface area contributed by atoms with E-state index in [1.807, 2.05) is 6.20 Å². The van der Waals surface area contributed by atoms with Crippen LogP contribution in [0, 0.1) is 0 Å². The van der Waals surface area contributed by atoms with Crippen molar-refractivity contribution in [1.82, 2.24) is 14.8 Å². The summed E-state index contributed by atoms with van der Waals surface area (Å²) in [7, 11) is 2.05. The fourth-order valence-electron chi connectivity index (χ4n) is 3.52. The molecule has 1 N–H and O–H groups in total. The third kappa shape index (κ3) is 5.14. The van der Waals surface area contributed by atoms with E-state index in [1.54, 1.807) is 0 Å². The van der Waals surface area contributed by atoms with Crippen LogP contribution in [0.15, 0.2) is 18.3 Å². The standard InChI is InChI=1S/C18H30N4O2/c1-20(14-17(23)15-21-8-10-24-11-9-21)13-16-4-5-18(19-12-16)22-6-2-3-7-22/h4-5,12,17,23H,2-3,6-11,13-15H2,1H3. The topological polar surface area (TPSA) is 52.1 Å². The van der Waals surface area contributed by atoms with Gasteiger partial charge in [-0.05, 0) is 31.5 Å². The number of aliphatic hydroxyl groups is 1. The van der Waals surface area contributed by atoms with Gasteiger partial charge in [0.05, 0.1) is 19.3 Å². The lowest BCUT2D eigenvalue weighted by Crippen LogP contribution is -2.43. The van der Waals surface area contributed by atoms with E-state index in [2.05, 4.69) is 38.9 Å². The maximum Gasteiger partial charge on any atom is 0.128 e. The van der Waals surface area contributed by atoms with Crippen LogP contribution in [-0.2, 0) is 11.3 Å². The molecule has 3 rings (SSSR count). The zero-order valence-electron chi connectivity index (χ0n) is 14.7.